The third kappa shape index (κ3) is 4.25. The third-order valence-corrected chi connectivity index (χ3v) is 6.97. The van der Waals surface area contributed by atoms with Gasteiger partial charge in [0, 0.05) is 36.3 Å². The summed E-state index contributed by atoms with van der Waals surface area (Å²) in [5, 5.41) is 9.51. The lowest BCUT2D eigenvalue weighted by atomic mass is 10.1. The Kier molecular flexibility index (Phi) is 6.05. The van der Waals surface area contributed by atoms with Crippen molar-refractivity contribution in [3.8, 4) is 0 Å². The van der Waals surface area contributed by atoms with Gasteiger partial charge in [-0.25, -0.2) is 0 Å². The van der Waals surface area contributed by atoms with Gasteiger partial charge in [-0.3, -0.25) is 9.79 Å². The maximum atomic E-state index is 12.5. The third-order valence-electron chi connectivity index (χ3n) is 4.85. The van der Waals surface area contributed by atoms with E-state index in [0.29, 0.717) is 12.6 Å². The van der Waals surface area contributed by atoms with Crippen molar-refractivity contribution < 1.29 is 4.79 Å². The molecule has 0 bridgehead atoms. The summed E-state index contributed by atoms with van der Waals surface area (Å²) in [6.07, 6.45) is 6.75. The van der Waals surface area contributed by atoms with Crippen molar-refractivity contribution in [3.05, 3.63) is 21.9 Å². The van der Waals surface area contributed by atoms with Crippen molar-refractivity contribution in [2.45, 2.75) is 43.5 Å². The van der Waals surface area contributed by atoms with E-state index in [1.807, 2.05) is 16.7 Å². The maximum absolute atomic E-state index is 12.5. The molecule has 1 fully saturated rings. The van der Waals surface area contributed by atoms with Crippen LogP contribution in [0.2, 0.25) is 0 Å². The minimum absolute atomic E-state index is 0.142. The molecular formula is C17H26N4OS2. The minimum Gasteiger partial charge on any atom is -0.354 e. The van der Waals surface area contributed by atoms with E-state index in [1.165, 1.54) is 29.7 Å². The van der Waals surface area contributed by atoms with E-state index in [4.69, 9.17) is 0 Å². The zero-order chi connectivity index (χ0) is 16.9. The normalized spacial score (nSPS) is 23.9. The first-order valence-electron chi connectivity index (χ1n) is 8.52. The average molecular weight is 367 g/mol. The Labute approximate surface area is 152 Å². The Hall–Kier alpha value is -1.21. The van der Waals surface area contributed by atoms with Crippen molar-refractivity contribution in [3.63, 3.8) is 0 Å². The molecule has 2 unspecified atom stereocenters. The first kappa shape index (κ1) is 17.6. The largest absolute Gasteiger partial charge is 0.354 e. The highest BCUT2D eigenvalue weighted by atomic mass is 32.2. The van der Waals surface area contributed by atoms with Gasteiger partial charge in [-0.1, -0.05) is 0 Å². The highest BCUT2D eigenvalue weighted by Crippen LogP contribution is 2.28. The fourth-order valence-electron chi connectivity index (χ4n) is 3.41. The van der Waals surface area contributed by atoms with Crippen LogP contribution in [-0.2, 0) is 17.8 Å². The molecule has 2 atom stereocenters. The SMILES string of the molecule is CN=C(NCC(=O)N1CCc2sccc2C1)NC1CCC(SC)C1. The summed E-state index contributed by atoms with van der Waals surface area (Å²) in [5.74, 6) is 0.881. The lowest BCUT2D eigenvalue weighted by Crippen LogP contribution is -2.47. The monoisotopic (exact) mass is 366 g/mol. The Balaban J connectivity index is 1.45. The molecule has 0 saturated heterocycles. The van der Waals surface area contributed by atoms with Crippen LogP contribution in [0.3, 0.4) is 0 Å². The lowest BCUT2D eigenvalue weighted by Gasteiger charge is -2.27. The second kappa shape index (κ2) is 8.25. The maximum Gasteiger partial charge on any atom is 0.242 e. The van der Waals surface area contributed by atoms with Gasteiger partial charge in [-0.15, -0.1) is 11.3 Å². The molecular weight excluding hydrogens is 340 g/mol. The fourth-order valence-corrected chi connectivity index (χ4v) is 5.09. The van der Waals surface area contributed by atoms with Crippen molar-refractivity contribution in [1.82, 2.24) is 15.5 Å². The van der Waals surface area contributed by atoms with E-state index >= 15 is 0 Å². The molecule has 1 saturated carbocycles. The van der Waals surface area contributed by atoms with Gasteiger partial charge in [0.1, 0.15) is 0 Å². The van der Waals surface area contributed by atoms with Crippen LogP contribution < -0.4 is 10.6 Å². The van der Waals surface area contributed by atoms with Crippen molar-refractivity contribution in [1.29, 1.82) is 0 Å². The van der Waals surface area contributed by atoms with E-state index in [-0.39, 0.29) is 5.91 Å². The zero-order valence-corrected chi connectivity index (χ0v) is 16.0. The first-order chi connectivity index (χ1) is 11.7. The summed E-state index contributed by atoms with van der Waals surface area (Å²) in [5.41, 5.74) is 1.30. The predicted octanol–water partition coefficient (Wildman–Crippen LogP) is 2.08. The Morgan fingerprint density at radius 1 is 1.50 bits per heavy atom. The van der Waals surface area contributed by atoms with E-state index in [2.05, 4.69) is 33.3 Å². The van der Waals surface area contributed by atoms with Crippen LogP contribution >= 0.6 is 23.1 Å². The van der Waals surface area contributed by atoms with Gasteiger partial charge in [0.25, 0.3) is 0 Å². The predicted molar refractivity (Wildman–Crippen MR) is 103 cm³/mol. The number of carbonyl (C=O) groups is 1. The molecule has 2 N–H and O–H groups in total. The van der Waals surface area contributed by atoms with Gasteiger partial charge in [-0.2, -0.15) is 11.8 Å². The second-order valence-corrected chi connectivity index (χ2v) is 8.51. The second-order valence-electron chi connectivity index (χ2n) is 6.37. The molecule has 2 aliphatic rings. The number of rotatable bonds is 4. The van der Waals surface area contributed by atoms with Gasteiger partial charge in [0.15, 0.2) is 5.96 Å². The molecule has 0 spiro atoms. The number of hydrogen-bond donors (Lipinski definition) is 2. The molecule has 0 radical (unpaired) electrons. The molecule has 1 amide bonds. The van der Waals surface area contributed by atoms with Gasteiger partial charge in [-0.05, 0) is 48.9 Å². The summed E-state index contributed by atoms with van der Waals surface area (Å²) in [6, 6.07) is 2.60. The number of hydrogen-bond acceptors (Lipinski definition) is 4. The summed E-state index contributed by atoms with van der Waals surface area (Å²) in [7, 11) is 1.76. The number of fused-ring (bicyclic) bond motifs is 1. The molecule has 0 aromatic carbocycles. The summed E-state index contributed by atoms with van der Waals surface area (Å²) >= 11 is 3.74. The van der Waals surface area contributed by atoms with Crippen LogP contribution in [0.1, 0.15) is 29.7 Å². The number of guanidine groups is 1. The number of thiophene rings is 1. The smallest absolute Gasteiger partial charge is 0.242 e. The van der Waals surface area contributed by atoms with Crippen LogP contribution in [-0.4, -0.2) is 54.5 Å². The summed E-state index contributed by atoms with van der Waals surface area (Å²) < 4.78 is 0. The quantitative estimate of drug-likeness (QED) is 0.633. The number of nitrogens with zero attached hydrogens (tertiary/aromatic N) is 2. The molecule has 2 heterocycles. The molecule has 1 aromatic rings. The van der Waals surface area contributed by atoms with Gasteiger partial charge in [0.2, 0.25) is 5.91 Å². The van der Waals surface area contributed by atoms with Crippen molar-refractivity contribution in [2.75, 3.05) is 26.4 Å². The van der Waals surface area contributed by atoms with Gasteiger partial charge >= 0.3 is 0 Å². The molecule has 5 nitrogen and oxygen atoms in total. The summed E-state index contributed by atoms with van der Waals surface area (Å²) in [4.78, 5) is 20.1. The van der Waals surface area contributed by atoms with E-state index in [0.717, 1.165) is 30.7 Å². The number of nitrogens with one attached hydrogen (secondary N) is 2. The van der Waals surface area contributed by atoms with Crippen LogP contribution in [0.25, 0.3) is 0 Å². The van der Waals surface area contributed by atoms with Crippen LogP contribution in [0, 0.1) is 0 Å². The van der Waals surface area contributed by atoms with E-state index < -0.39 is 0 Å². The topological polar surface area (TPSA) is 56.7 Å². The number of thioether (sulfide) groups is 1. The van der Waals surface area contributed by atoms with Gasteiger partial charge < -0.3 is 15.5 Å². The van der Waals surface area contributed by atoms with Crippen molar-refractivity contribution >= 4 is 35.0 Å². The van der Waals surface area contributed by atoms with Gasteiger partial charge in [0.05, 0.1) is 6.54 Å². The zero-order valence-electron chi connectivity index (χ0n) is 14.4. The minimum atomic E-state index is 0.142. The molecule has 1 aliphatic carbocycles. The highest BCUT2D eigenvalue weighted by molar-refractivity contribution is 7.99. The molecule has 7 heteroatoms. The fraction of sp³-hybridized carbons (Fsp3) is 0.647. The molecule has 132 valence electrons. The first-order valence-corrected chi connectivity index (χ1v) is 10.7. The van der Waals surface area contributed by atoms with Crippen LogP contribution in [0.5, 0.6) is 0 Å². The summed E-state index contributed by atoms with van der Waals surface area (Å²) in [6.45, 7) is 1.86. The Morgan fingerprint density at radius 2 is 2.38 bits per heavy atom. The highest BCUT2D eigenvalue weighted by Gasteiger charge is 2.25. The Bertz CT molecular complexity index is 601. The lowest BCUT2D eigenvalue weighted by molar-refractivity contribution is -0.130. The molecule has 1 aliphatic heterocycles. The molecule has 24 heavy (non-hydrogen) atoms. The number of amides is 1. The van der Waals surface area contributed by atoms with E-state index in [9.17, 15) is 4.79 Å². The molecule has 3 rings (SSSR count). The molecule has 1 aromatic heterocycles. The number of aliphatic imine (C=N–C) groups is 1. The average Bonchev–Trinajstić information content (AvgIpc) is 3.26. The van der Waals surface area contributed by atoms with Crippen LogP contribution in [0.4, 0.5) is 0 Å². The van der Waals surface area contributed by atoms with Crippen LogP contribution in [0.15, 0.2) is 16.4 Å². The standard InChI is InChI=1S/C17H26N4OS2/c1-18-17(20-13-3-4-14(9-13)23-2)19-10-16(22)21-7-5-15-12(11-21)6-8-24-15/h6,8,13-14H,3-5,7,9-11H2,1-2H3,(H2,18,19,20). The van der Waals surface area contributed by atoms with Crippen molar-refractivity contribution in [2.24, 2.45) is 4.99 Å². The Morgan fingerprint density at radius 3 is 3.12 bits per heavy atom. The number of carbonyl (C=O) groups excluding carboxylic acids is 1. The van der Waals surface area contributed by atoms with E-state index in [1.54, 1.807) is 18.4 Å².